The lowest BCUT2D eigenvalue weighted by Gasteiger charge is -2.10. The molecule has 1 aromatic carbocycles. The number of aromatic hydroxyl groups is 1. The lowest BCUT2D eigenvalue weighted by molar-refractivity contribution is -0.107. The molecule has 1 N–H and O–H groups in total. The first-order valence-electron chi connectivity index (χ1n) is 5.39. The first kappa shape index (κ1) is 14.1. The molecule has 0 atom stereocenters. The number of carbonyl (C=O) groups is 1. The molecule has 0 aromatic heterocycles. The van der Waals surface area contributed by atoms with Crippen LogP contribution in [0.15, 0.2) is 12.1 Å². The molecule has 17 heavy (non-hydrogen) atoms. The number of phenolic OH excluding ortho intramolecular Hbond substituents is 1. The van der Waals surface area contributed by atoms with Gasteiger partial charge >= 0.3 is 0 Å². The minimum absolute atomic E-state index is 0.0123. The van der Waals surface area contributed by atoms with Crippen LogP contribution in [0.25, 0.3) is 0 Å². The maximum absolute atomic E-state index is 10.1. The van der Waals surface area contributed by atoms with Crippen molar-refractivity contribution >= 4 is 29.5 Å². The number of benzene rings is 1. The fourth-order valence-electron chi connectivity index (χ4n) is 1.37. The van der Waals surface area contributed by atoms with E-state index < -0.39 is 0 Å². The van der Waals surface area contributed by atoms with E-state index in [-0.39, 0.29) is 5.75 Å². The zero-order valence-corrected chi connectivity index (χ0v) is 10.8. The third kappa shape index (κ3) is 4.84. The molecule has 1 rings (SSSR count). The van der Waals surface area contributed by atoms with Gasteiger partial charge in [0.05, 0.1) is 16.7 Å². The Morgan fingerprint density at radius 2 is 1.82 bits per heavy atom. The standard InChI is InChI=1S/C12H14Cl2O3/c13-10-7-9(16)8-11(14)12(10)17-6-4-2-1-3-5-15/h5,7-8,16H,1-4,6H2. The van der Waals surface area contributed by atoms with Gasteiger partial charge in [-0.1, -0.05) is 23.2 Å². The fraction of sp³-hybridized carbons (Fsp3) is 0.417. The highest BCUT2D eigenvalue weighted by Crippen LogP contribution is 2.36. The Morgan fingerprint density at radius 1 is 1.18 bits per heavy atom. The van der Waals surface area contributed by atoms with Crippen LogP contribution in [0.3, 0.4) is 0 Å². The fourth-order valence-corrected chi connectivity index (χ4v) is 1.95. The van der Waals surface area contributed by atoms with E-state index in [2.05, 4.69) is 0 Å². The van der Waals surface area contributed by atoms with Crippen LogP contribution in [-0.2, 0) is 4.79 Å². The van der Waals surface area contributed by atoms with Gasteiger partial charge in [0.2, 0.25) is 0 Å². The average molecular weight is 277 g/mol. The zero-order valence-electron chi connectivity index (χ0n) is 9.29. The number of hydrogen-bond donors (Lipinski definition) is 1. The van der Waals surface area contributed by atoms with Crippen LogP contribution in [0, 0.1) is 0 Å². The van der Waals surface area contributed by atoms with E-state index in [1.807, 2.05) is 0 Å². The molecule has 0 amide bonds. The Bertz CT molecular complexity index is 357. The normalized spacial score (nSPS) is 10.2. The molecule has 0 spiro atoms. The Balaban J connectivity index is 2.39. The Hall–Kier alpha value is -0.930. The van der Waals surface area contributed by atoms with Crippen LogP contribution in [0.4, 0.5) is 0 Å². The summed E-state index contributed by atoms with van der Waals surface area (Å²) in [5.41, 5.74) is 0. The maximum atomic E-state index is 10.1. The minimum Gasteiger partial charge on any atom is -0.508 e. The summed E-state index contributed by atoms with van der Waals surface area (Å²) in [6.07, 6.45) is 4.12. The maximum Gasteiger partial charge on any atom is 0.156 e. The second kappa shape index (κ2) is 7.41. The van der Waals surface area contributed by atoms with Crippen LogP contribution < -0.4 is 4.74 Å². The van der Waals surface area contributed by atoms with Crippen molar-refractivity contribution in [2.45, 2.75) is 25.7 Å². The first-order chi connectivity index (χ1) is 8.15. The molecule has 0 aliphatic rings. The summed E-state index contributed by atoms with van der Waals surface area (Å²) in [4.78, 5) is 10.1. The SMILES string of the molecule is O=CCCCCCOc1c(Cl)cc(O)cc1Cl. The van der Waals surface area contributed by atoms with Gasteiger partial charge < -0.3 is 14.6 Å². The van der Waals surface area contributed by atoms with Gasteiger partial charge in [-0.15, -0.1) is 0 Å². The van der Waals surface area contributed by atoms with Gasteiger partial charge in [0.25, 0.3) is 0 Å². The summed E-state index contributed by atoms with van der Waals surface area (Å²) < 4.78 is 5.44. The molecule has 0 bridgehead atoms. The van der Waals surface area contributed by atoms with Gasteiger partial charge in [0.1, 0.15) is 12.0 Å². The molecule has 0 saturated heterocycles. The molecule has 0 fully saturated rings. The zero-order chi connectivity index (χ0) is 12.7. The van der Waals surface area contributed by atoms with E-state index in [9.17, 15) is 9.90 Å². The van der Waals surface area contributed by atoms with E-state index in [0.717, 1.165) is 25.5 Å². The number of phenols is 1. The summed E-state index contributed by atoms with van der Waals surface area (Å²) in [6.45, 7) is 0.489. The van der Waals surface area contributed by atoms with E-state index in [1.165, 1.54) is 12.1 Å². The van der Waals surface area contributed by atoms with Crippen molar-refractivity contribution in [2.75, 3.05) is 6.61 Å². The highest BCUT2D eigenvalue weighted by atomic mass is 35.5. The van der Waals surface area contributed by atoms with Gasteiger partial charge in [-0.3, -0.25) is 0 Å². The number of halogens is 2. The van der Waals surface area contributed by atoms with E-state index in [0.29, 0.717) is 28.8 Å². The largest absolute Gasteiger partial charge is 0.508 e. The quantitative estimate of drug-likeness (QED) is 0.608. The Kier molecular flexibility index (Phi) is 6.16. The van der Waals surface area contributed by atoms with Crippen LogP contribution >= 0.6 is 23.2 Å². The van der Waals surface area contributed by atoms with Crippen molar-refractivity contribution in [3.63, 3.8) is 0 Å². The lowest BCUT2D eigenvalue weighted by Crippen LogP contribution is -1.98. The predicted octanol–water partition coefficient (Wildman–Crippen LogP) is 3.84. The average Bonchev–Trinajstić information content (AvgIpc) is 2.26. The van der Waals surface area contributed by atoms with Crippen LogP contribution in [-0.4, -0.2) is 18.0 Å². The number of rotatable bonds is 7. The van der Waals surface area contributed by atoms with Gasteiger partial charge in [-0.2, -0.15) is 0 Å². The number of aldehydes is 1. The number of unbranched alkanes of at least 4 members (excludes halogenated alkanes) is 3. The highest BCUT2D eigenvalue weighted by Gasteiger charge is 2.09. The molecular weight excluding hydrogens is 263 g/mol. The number of ether oxygens (including phenoxy) is 1. The predicted molar refractivity (Wildman–Crippen MR) is 68.2 cm³/mol. The van der Waals surface area contributed by atoms with Crippen molar-refractivity contribution in [2.24, 2.45) is 0 Å². The van der Waals surface area contributed by atoms with Gasteiger partial charge in [-0.05, 0) is 19.3 Å². The van der Waals surface area contributed by atoms with Crippen molar-refractivity contribution in [3.05, 3.63) is 22.2 Å². The number of carbonyl (C=O) groups excluding carboxylic acids is 1. The molecule has 0 aliphatic heterocycles. The van der Waals surface area contributed by atoms with E-state index in [4.69, 9.17) is 27.9 Å². The monoisotopic (exact) mass is 276 g/mol. The second-order valence-corrected chi connectivity index (χ2v) is 4.42. The van der Waals surface area contributed by atoms with Gasteiger partial charge in [0, 0.05) is 18.6 Å². The third-order valence-electron chi connectivity index (χ3n) is 2.20. The van der Waals surface area contributed by atoms with Crippen LogP contribution in [0.1, 0.15) is 25.7 Å². The molecule has 0 unspecified atom stereocenters. The second-order valence-electron chi connectivity index (χ2n) is 3.60. The van der Waals surface area contributed by atoms with Crippen LogP contribution in [0.2, 0.25) is 10.0 Å². The molecule has 3 nitrogen and oxygen atoms in total. The highest BCUT2D eigenvalue weighted by molar-refractivity contribution is 6.37. The van der Waals surface area contributed by atoms with E-state index >= 15 is 0 Å². The minimum atomic E-state index is 0.0123. The van der Waals surface area contributed by atoms with Crippen LogP contribution in [0.5, 0.6) is 11.5 Å². The summed E-state index contributed by atoms with van der Waals surface area (Å²) in [6, 6.07) is 2.77. The van der Waals surface area contributed by atoms with Gasteiger partial charge in [-0.25, -0.2) is 0 Å². The summed E-state index contributed by atoms with van der Waals surface area (Å²) in [5, 5.41) is 9.82. The summed E-state index contributed by atoms with van der Waals surface area (Å²) in [7, 11) is 0. The number of hydrogen-bond acceptors (Lipinski definition) is 3. The molecule has 0 aliphatic carbocycles. The third-order valence-corrected chi connectivity index (χ3v) is 2.76. The molecule has 0 radical (unpaired) electrons. The molecule has 94 valence electrons. The topological polar surface area (TPSA) is 46.5 Å². The molecule has 5 heteroatoms. The smallest absolute Gasteiger partial charge is 0.156 e. The molecular formula is C12H14Cl2O3. The molecule has 0 saturated carbocycles. The van der Waals surface area contributed by atoms with Crippen molar-refractivity contribution < 1.29 is 14.6 Å². The molecule has 0 heterocycles. The molecule has 1 aromatic rings. The lowest BCUT2D eigenvalue weighted by atomic mass is 10.2. The van der Waals surface area contributed by atoms with E-state index in [1.54, 1.807) is 0 Å². The van der Waals surface area contributed by atoms with Crippen molar-refractivity contribution in [3.8, 4) is 11.5 Å². The Labute approximate surface area is 110 Å². The summed E-state index contributed by atoms with van der Waals surface area (Å²) >= 11 is 11.8. The van der Waals surface area contributed by atoms with Crippen molar-refractivity contribution in [1.82, 2.24) is 0 Å². The first-order valence-corrected chi connectivity index (χ1v) is 6.15. The Morgan fingerprint density at radius 3 is 2.41 bits per heavy atom. The van der Waals surface area contributed by atoms with Crippen molar-refractivity contribution in [1.29, 1.82) is 0 Å². The summed E-state index contributed by atoms with van der Waals surface area (Å²) in [5.74, 6) is 0.403. The van der Waals surface area contributed by atoms with Gasteiger partial charge in [0.15, 0.2) is 5.75 Å².